The number of aromatic nitrogens is 2. The Kier molecular flexibility index (Phi) is 2.48. The molecule has 3 heterocycles. The zero-order valence-corrected chi connectivity index (χ0v) is 11.4. The molecule has 2 fully saturated rings. The van der Waals surface area contributed by atoms with Crippen molar-refractivity contribution >= 4 is 0 Å². The molecule has 3 rings (SSSR count). The van der Waals surface area contributed by atoms with Gasteiger partial charge in [-0.25, -0.2) is 9.78 Å². The Bertz CT molecular complexity index is 644. The molecular formula is C13H18N2O5. The SMILES string of the molecule is [2H]C([2H])(O)[C@H]1OC(n2cccnc2=O)[C@]2(C)OC(C)(C)O[C@H]12. The van der Waals surface area contributed by atoms with Crippen molar-refractivity contribution in [1.82, 2.24) is 9.55 Å². The zero-order valence-electron chi connectivity index (χ0n) is 13.4. The van der Waals surface area contributed by atoms with E-state index in [0.29, 0.717) is 0 Å². The fourth-order valence-corrected chi connectivity index (χ4v) is 2.92. The van der Waals surface area contributed by atoms with E-state index in [9.17, 15) is 9.90 Å². The molecule has 1 unspecified atom stereocenters. The summed E-state index contributed by atoms with van der Waals surface area (Å²) in [6.07, 6.45) is -0.303. The van der Waals surface area contributed by atoms with Gasteiger partial charge < -0.3 is 19.3 Å². The normalized spacial score (nSPS) is 41.1. The van der Waals surface area contributed by atoms with Gasteiger partial charge in [-0.15, -0.1) is 0 Å². The molecule has 1 aromatic heterocycles. The molecule has 0 aromatic carbocycles. The molecule has 1 aromatic rings. The van der Waals surface area contributed by atoms with Crippen LogP contribution in [0, 0.1) is 0 Å². The van der Waals surface area contributed by atoms with Gasteiger partial charge in [-0.3, -0.25) is 4.57 Å². The smallest absolute Gasteiger partial charge is 0.349 e. The summed E-state index contributed by atoms with van der Waals surface area (Å²) < 4.78 is 33.6. The highest BCUT2D eigenvalue weighted by Gasteiger charge is 2.64. The van der Waals surface area contributed by atoms with Crippen molar-refractivity contribution in [2.75, 3.05) is 6.56 Å². The molecule has 0 saturated carbocycles. The van der Waals surface area contributed by atoms with Crippen LogP contribution in [0.5, 0.6) is 0 Å². The van der Waals surface area contributed by atoms with Crippen LogP contribution >= 0.6 is 0 Å². The van der Waals surface area contributed by atoms with E-state index in [0.717, 1.165) is 0 Å². The van der Waals surface area contributed by atoms with Crippen molar-refractivity contribution < 1.29 is 22.1 Å². The minimum atomic E-state index is -2.64. The standard InChI is InChI=1S/C13H18N2O5/c1-12(2)19-9-8(7-16)18-10(13(9,3)20-12)15-6-4-5-14-11(15)17/h4-6,8-10,16H,7H2,1-3H3/t8-,9-,10?,13-/m1/s1/i7D2. The number of nitrogens with zero attached hydrogens (tertiary/aromatic N) is 2. The highest BCUT2D eigenvalue weighted by atomic mass is 16.8. The van der Waals surface area contributed by atoms with Crippen molar-refractivity contribution in [3.63, 3.8) is 0 Å². The maximum Gasteiger partial charge on any atom is 0.349 e. The summed E-state index contributed by atoms with van der Waals surface area (Å²) in [5.74, 6) is -0.989. The Morgan fingerprint density at radius 2 is 2.30 bits per heavy atom. The van der Waals surface area contributed by atoms with Gasteiger partial charge in [-0.1, -0.05) is 0 Å². The first-order chi connectivity index (χ1) is 10.0. The molecule has 0 radical (unpaired) electrons. The first-order valence-corrected chi connectivity index (χ1v) is 6.34. The summed E-state index contributed by atoms with van der Waals surface area (Å²) in [6.45, 7) is 2.39. The predicted octanol–water partition coefficient (Wildman–Crippen LogP) is 0.0432. The maximum atomic E-state index is 12.0. The molecule has 2 aliphatic rings. The van der Waals surface area contributed by atoms with E-state index in [1.165, 1.54) is 17.0 Å². The van der Waals surface area contributed by atoms with Crippen molar-refractivity contribution in [3.05, 3.63) is 28.9 Å². The highest BCUT2D eigenvalue weighted by molar-refractivity contribution is 5.06. The van der Waals surface area contributed by atoms with E-state index in [1.54, 1.807) is 26.8 Å². The van der Waals surface area contributed by atoms with Crippen molar-refractivity contribution in [3.8, 4) is 0 Å². The topological polar surface area (TPSA) is 82.8 Å². The third kappa shape index (κ3) is 1.89. The summed E-state index contributed by atoms with van der Waals surface area (Å²) in [4.78, 5) is 15.6. The molecule has 2 saturated heterocycles. The van der Waals surface area contributed by atoms with Gasteiger partial charge in [0, 0.05) is 12.4 Å². The van der Waals surface area contributed by atoms with E-state index < -0.39 is 42.1 Å². The van der Waals surface area contributed by atoms with Gasteiger partial charge in [-0.2, -0.15) is 0 Å². The summed E-state index contributed by atoms with van der Waals surface area (Å²) in [5, 5.41) is 9.75. The predicted molar refractivity (Wildman–Crippen MR) is 67.9 cm³/mol. The molecule has 1 N–H and O–H groups in total. The first-order valence-electron chi connectivity index (χ1n) is 7.34. The van der Waals surface area contributed by atoms with Crippen LogP contribution in [0.25, 0.3) is 0 Å². The average Bonchev–Trinajstić information content (AvgIpc) is 2.75. The number of fused-ring (bicyclic) bond motifs is 1. The van der Waals surface area contributed by atoms with Gasteiger partial charge >= 0.3 is 5.69 Å². The quantitative estimate of drug-likeness (QED) is 0.826. The molecule has 0 amide bonds. The molecular weight excluding hydrogens is 264 g/mol. The highest BCUT2D eigenvalue weighted by Crippen LogP contribution is 2.50. The molecule has 2 aliphatic heterocycles. The van der Waals surface area contributed by atoms with Gasteiger partial charge in [0.25, 0.3) is 0 Å². The first kappa shape index (κ1) is 11.4. The van der Waals surface area contributed by atoms with Crippen LogP contribution in [0.3, 0.4) is 0 Å². The minimum Gasteiger partial charge on any atom is -0.394 e. The van der Waals surface area contributed by atoms with Gasteiger partial charge in [0.1, 0.15) is 17.8 Å². The van der Waals surface area contributed by atoms with E-state index >= 15 is 0 Å². The number of aliphatic hydroxyl groups is 1. The number of ether oxygens (including phenoxy) is 3. The van der Waals surface area contributed by atoms with Crippen molar-refractivity contribution in [2.45, 2.75) is 50.6 Å². The summed E-state index contributed by atoms with van der Waals surface area (Å²) >= 11 is 0. The van der Waals surface area contributed by atoms with Gasteiger partial charge in [-0.05, 0) is 26.8 Å². The maximum absolute atomic E-state index is 12.0. The van der Waals surface area contributed by atoms with Crippen LogP contribution in [-0.2, 0) is 14.2 Å². The lowest BCUT2D eigenvalue weighted by molar-refractivity contribution is -0.218. The molecule has 20 heavy (non-hydrogen) atoms. The van der Waals surface area contributed by atoms with Crippen LogP contribution in [-0.4, -0.2) is 44.8 Å². The number of hydrogen-bond acceptors (Lipinski definition) is 6. The van der Waals surface area contributed by atoms with E-state index in [1.807, 2.05) is 0 Å². The molecule has 0 bridgehead atoms. The molecule has 0 spiro atoms. The lowest BCUT2D eigenvalue weighted by atomic mass is 9.96. The second-order valence-electron chi connectivity index (χ2n) is 5.57. The van der Waals surface area contributed by atoms with E-state index in [-0.39, 0.29) is 0 Å². The molecule has 110 valence electrons. The second-order valence-corrected chi connectivity index (χ2v) is 5.57. The van der Waals surface area contributed by atoms with E-state index in [2.05, 4.69) is 4.98 Å². The number of hydrogen-bond donors (Lipinski definition) is 1. The molecule has 0 aliphatic carbocycles. The summed E-state index contributed by atoms with van der Waals surface area (Å²) in [5.41, 5.74) is -1.70. The Hall–Kier alpha value is -1.28. The second kappa shape index (κ2) is 4.36. The fraction of sp³-hybridized carbons (Fsp3) is 0.692. The largest absolute Gasteiger partial charge is 0.394 e. The minimum absolute atomic E-state index is 0.556. The van der Waals surface area contributed by atoms with Gasteiger partial charge in [0.05, 0.1) is 9.30 Å². The van der Waals surface area contributed by atoms with Crippen LogP contribution in [0.2, 0.25) is 0 Å². The Labute approximate surface area is 118 Å². The Morgan fingerprint density at radius 1 is 1.55 bits per heavy atom. The fourth-order valence-electron chi connectivity index (χ4n) is 2.92. The lowest BCUT2D eigenvalue weighted by Gasteiger charge is -2.30. The lowest BCUT2D eigenvalue weighted by Crippen LogP contribution is -2.44. The van der Waals surface area contributed by atoms with Crippen molar-refractivity contribution in [2.24, 2.45) is 0 Å². The van der Waals surface area contributed by atoms with Crippen LogP contribution in [0.15, 0.2) is 23.3 Å². The van der Waals surface area contributed by atoms with Crippen LogP contribution in [0.4, 0.5) is 0 Å². The molecule has 4 atom stereocenters. The van der Waals surface area contributed by atoms with Crippen LogP contribution < -0.4 is 5.69 Å². The van der Waals surface area contributed by atoms with Crippen molar-refractivity contribution in [1.29, 1.82) is 0 Å². The average molecular weight is 284 g/mol. The third-order valence-corrected chi connectivity index (χ3v) is 3.60. The zero-order chi connectivity index (χ0) is 16.3. The van der Waals surface area contributed by atoms with Gasteiger partial charge in [0.15, 0.2) is 12.0 Å². The summed E-state index contributed by atoms with van der Waals surface area (Å²) in [6, 6.07) is 1.56. The number of rotatable bonds is 2. The molecule has 7 heteroatoms. The molecule has 7 nitrogen and oxygen atoms in total. The Balaban J connectivity index is 2.09. The van der Waals surface area contributed by atoms with E-state index in [4.69, 9.17) is 17.0 Å². The third-order valence-electron chi connectivity index (χ3n) is 3.60. The monoisotopic (exact) mass is 284 g/mol. The van der Waals surface area contributed by atoms with Crippen LogP contribution in [0.1, 0.15) is 29.7 Å². The summed E-state index contributed by atoms with van der Waals surface area (Å²) in [7, 11) is 0. The van der Waals surface area contributed by atoms with Gasteiger partial charge in [0.2, 0.25) is 0 Å². The Morgan fingerprint density at radius 3 is 2.95 bits per heavy atom.